The Labute approximate surface area is 145 Å². The minimum absolute atomic E-state index is 0.590. The number of thiophene rings is 1. The quantitative estimate of drug-likeness (QED) is 0.793. The number of nitrogens with two attached hydrogens (primary N) is 1. The Kier molecular flexibility index (Phi) is 3.94. The maximum absolute atomic E-state index is 6.44. The summed E-state index contributed by atoms with van der Waals surface area (Å²) in [6, 6.07) is 4.26. The zero-order valence-electron chi connectivity index (χ0n) is 14.0. The largest absolute Gasteiger partial charge is 0.397 e. The van der Waals surface area contributed by atoms with E-state index in [0.717, 1.165) is 46.8 Å². The number of pyridine rings is 1. The van der Waals surface area contributed by atoms with Crippen LogP contribution in [0, 0.1) is 13.8 Å². The second kappa shape index (κ2) is 6.11. The van der Waals surface area contributed by atoms with Gasteiger partial charge in [0.05, 0.1) is 11.4 Å². The third-order valence-electron chi connectivity index (χ3n) is 5.03. The highest BCUT2D eigenvalue weighted by Crippen LogP contribution is 2.37. The smallest absolute Gasteiger partial charge is 0.148 e. The SMILES string of the molecule is Cc1nnc2sc(CN3CCC(c4ccncc4)C3)c(N)c2c1C. The Morgan fingerprint density at radius 3 is 2.83 bits per heavy atom. The van der Waals surface area contributed by atoms with Gasteiger partial charge in [-0.15, -0.1) is 16.4 Å². The molecule has 0 spiro atoms. The van der Waals surface area contributed by atoms with E-state index in [0.29, 0.717) is 5.92 Å². The number of aromatic nitrogens is 3. The molecule has 1 fully saturated rings. The molecular formula is C18H21N5S. The van der Waals surface area contributed by atoms with Gasteiger partial charge in [-0.05, 0) is 56.0 Å². The van der Waals surface area contributed by atoms with E-state index in [1.165, 1.54) is 16.9 Å². The molecule has 0 amide bonds. The molecule has 124 valence electrons. The summed E-state index contributed by atoms with van der Waals surface area (Å²) in [5.74, 6) is 0.590. The molecule has 1 atom stereocenters. The molecule has 3 aromatic heterocycles. The summed E-state index contributed by atoms with van der Waals surface area (Å²) in [5.41, 5.74) is 10.8. The van der Waals surface area contributed by atoms with E-state index in [1.54, 1.807) is 11.3 Å². The lowest BCUT2D eigenvalue weighted by molar-refractivity contribution is 0.330. The summed E-state index contributed by atoms with van der Waals surface area (Å²) in [5, 5.41) is 9.64. The predicted molar refractivity (Wildman–Crippen MR) is 98.2 cm³/mol. The summed E-state index contributed by atoms with van der Waals surface area (Å²) in [7, 11) is 0. The molecule has 4 heterocycles. The van der Waals surface area contributed by atoms with E-state index < -0.39 is 0 Å². The fourth-order valence-electron chi connectivity index (χ4n) is 3.49. The Bertz CT molecular complexity index is 874. The molecule has 1 saturated heterocycles. The van der Waals surface area contributed by atoms with Crippen LogP contribution in [0.1, 0.15) is 34.0 Å². The van der Waals surface area contributed by atoms with Crippen LogP contribution in [0.25, 0.3) is 10.2 Å². The van der Waals surface area contributed by atoms with Crippen LogP contribution in [0.2, 0.25) is 0 Å². The second-order valence-corrected chi connectivity index (χ2v) is 7.61. The van der Waals surface area contributed by atoms with Crippen molar-refractivity contribution < 1.29 is 0 Å². The van der Waals surface area contributed by atoms with Gasteiger partial charge in [-0.25, -0.2) is 0 Å². The monoisotopic (exact) mass is 339 g/mol. The Morgan fingerprint density at radius 2 is 2.04 bits per heavy atom. The normalized spacial score (nSPS) is 18.5. The molecule has 24 heavy (non-hydrogen) atoms. The predicted octanol–water partition coefficient (Wildman–Crippen LogP) is 3.27. The lowest BCUT2D eigenvalue weighted by Crippen LogP contribution is -2.19. The Balaban J connectivity index is 1.55. The fourth-order valence-corrected chi connectivity index (χ4v) is 4.63. The number of hydrogen-bond acceptors (Lipinski definition) is 6. The molecule has 3 aromatic rings. The van der Waals surface area contributed by atoms with Gasteiger partial charge in [-0.2, -0.15) is 5.10 Å². The minimum Gasteiger partial charge on any atom is -0.397 e. The molecule has 0 radical (unpaired) electrons. The third-order valence-corrected chi connectivity index (χ3v) is 6.10. The third kappa shape index (κ3) is 2.65. The van der Waals surface area contributed by atoms with E-state index in [2.05, 4.69) is 39.1 Å². The number of nitrogens with zero attached hydrogens (tertiary/aromatic N) is 4. The first-order valence-electron chi connectivity index (χ1n) is 8.26. The van der Waals surface area contributed by atoms with Crippen molar-refractivity contribution in [2.75, 3.05) is 18.8 Å². The number of likely N-dealkylation sites (tertiary alicyclic amines) is 1. The molecule has 0 bridgehead atoms. The van der Waals surface area contributed by atoms with Crippen LogP contribution in [-0.4, -0.2) is 33.2 Å². The molecule has 0 aliphatic carbocycles. The van der Waals surface area contributed by atoms with Crippen molar-refractivity contribution in [2.24, 2.45) is 0 Å². The van der Waals surface area contributed by atoms with Crippen molar-refractivity contribution in [3.05, 3.63) is 46.2 Å². The Hall–Kier alpha value is -2.05. The van der Waals surface area contributed by atoms with Crippen LogP contribution in [-0.2, 0) is 6.54 Å². The first kappa shape index (κ1) is 15.5. The molecule has 5 nitrogen and oxygen atoms in total. The van der Waals surface area contributed by atoms with Crippen LogP contribution in [0.4, 0.5) is 5.69 Å². The van der Waals surface area contributed by atoms with Crippen LogP contribution < -0.4 is 5.73 Å². The summed E-state index contributed by atoms with van der Waals surface area (Å²) in [6.45, 7) is 7.13. The zero-order valence-corrected chi connectivity index (χ0v) is 14.8. The topological polar surface area (TPSA) is 67.9 Å². The van der Waals surface area contributed by atoms with Crippen LogP contribution >= 0.6 is 11.3 Å². The van der Waals surface area contributed by atoms with Crippen LogP contribution in [0.5, 0.6) is 0 Å². The van der Waals surface area contributed by atoms with Gasteiger partial charge in [-0.3, -0.25) is 9.88 Å². The number of rotatable bonds is 3. The first-order valence-corrected chi connectivity index (χ1v) is 9.08. The number of hydrogen-bond donors (Lipinski definition) is 1. The summed E-state index contributed by atoms with van der Waals surface area (Å²) in [4.78, 5) is 8.77. The van der Waals surface area contributed by atoms with Gasteiger partial charge in [0.2, 0.25) is 0 Å². The first-order chi connectivity index (χ1) is 11.6. The van der Waals surface area contributed by atoms with Crippen molar-refractivity contribution in [1.29, 1.82) is 0 Å². The maximum Gasteiger partial charge on any atom is 0.148 e. The lowest BCUT2D eigenvalue weighted by Gasteiger charge is -2.15. The number of nitrogen functional groups attached to an aromatic ring is 1. The fraction of sp³-hybridized carbons (Fsp3) is 0.389. The average molecular weight is 339 g/mol. The molecule has 1 unspecified atom stereocenters. The summed E-state index contributed by atoms with van der Waals surface area (Å²) < 4.78 is 0. The van der Waals surface area contributed by atoms with E-state index in [-0.39, 0.29) is 0 Å². The zero-order chi connectivity index (χ0) is 16.7. The molecule has 1 aliphatic heterocycles. The van der Waals surface area contributed by atoms with Gasteiger partial charge in [-0.1, -0.05) is 0 Å². The van der Waals surface area contributed by atoms with Crippen molar-refractivity contribution >= 4 is 27.2 Å². The van der Waals surface area contributed by atoms with Crippen molar-refractivity contribution in [3.8, 4) is 0 Å². The standard InChI is InChI=1S/C18H21N5S/c1-11-12(2)21-22-18-16(11)17(19)15(24-18)10-23-8-5-14(9-23)13-3-6-20-7-4-13/h3-4,6-7,14H,5,8-10,19H2,1-2H3. The number of aryl methyl sites for hydroxylation is 2. The molecule has 6 heteroatoms. The van der Waals surface area contributed by atoms with Crippen LogP contribution in [0.15, 0.2) is 24.5 Å². The van der Waals surface area contributed by atoms with Crippen molar-refractivity contribution in [2.45, 2.75) is 32.7 Å². The molecule has 4 rings (SSSR count). The summed E-state index contributed by atoms with van der Waals surface area (Å²) in [6.07, 6.45) is 4.95. The average Bonchev–Trinajstić information content (AvgIpc) is 3.18. The number of fused-ring (bicyclic) bond motifs is 1. The van der Waals surface area contributed by atoms with E-state index >= 15 is 0 Å². The molecule has 2 N–H and O–H groups in total. The Morgan fingerprint density at radius 1 is 1.25 bits per heavy atom. The summed E-state index contributed by atoms with van der Waals surface area (Å²) >= 11 is 1.68. The molecule has 1 aliphatic rings. The van der Waals surface area contributed by atoms with E-state index in [1.807, 2.05) is 19.3 Å². The van der Waals surface area contributed by atoms with Gasteiger partial charge in [0.25, 0.3) is 0 Å². The number of anilines is 1. The van der Waals surface area contributed by atoms with Gasteiger partial charge in [0.15, 0.2) is 0 Å². The molecule has 0 saturated carbocycles. The minimum atomic E-state index is 0.590. The van der Waals surface area contributed by atoms with Gasteiger partial charge in [0, 0.05) is 35.7 Å². The maximum atomic E-state index is 6.44. The van der Waals surface area contributed by atoms with Gasteiger partial charge in [0.1, 0.15) is 4.83 Å². The van der Waals surface area contributed by atoms with E-state index in [9.17, 15) is 0 Å². The highest BCUT2D eigenvalue weighted by molar-refractivity contribution is 7.19. The van der Waals surface area contributed by atoms with Crippen molar-refractivity contribution in [3.63, 3.8) is 0 Å². The highest BCUT2D eigenvalue weighted by atomic mass is 32.1. The van der Waals surface area contributed by atoms with Crippen molar-refractivity contribution in [1.82, 2.24) is 20.1 Å². The van der Waals surface area contributed by atoms with Crippen LogP contribution in [0.3, 0.4) is 0 Å². The van der Waals surface area contributed by atoms with Gasteiger partial charge < -0.3 is 5.73 Å². The van der Waals surface area contributed by atoms with E-state index in [4.69, 9.17) is 5.73 Å². The molecule has 0 aromatic carbocycles. The molecular weight excluding hydrogens is 318 g/mol. The van der Waals surface area contributed by atoms with Gasteiger partial charge >= 0.3 is 0 Å². The lowest BCUT2D eigenvalue weighted by atomic mass is 10.00. The highest BCUT2D eigenvalue weighted by Gasteiger charge is 2.25. The second-order valence-electron chi connectivity index (χ2n) is 6.53.